The molecule has 2 heterocycles. The number of piperidine rings is 1. The van der Waals surface area contributed by atoms with Crippen molar-refractivity contribution in [3.8, 4) is 0 Å². The Hall–Kier alpha value is -1.14. The average molecular weight is 271 g/mol. The molecule has 2 saturated heterocycles. The van der Waals surface area contributed by atoms with Crippen LogP contribution in [0.2, 0.25) is 0 Å². The summed E-state index contributed by atoms with van der Waals surface area (Å²) in [6, 6.07) is 0. The number of nitrogens with zero attached hydrogens (tertiary/aromatic N) is 1. The molecule has 108 valence electrons. The number of hydrogen-bond donors (Lipinski definition) is 1. The summed E-state index contributed by atoms with van der Waals surface area (Å²) in [4.78, 5) is 24.6. The van der Waals surface area contributed by atoms with Gasteiger partial charge < -0.3 is 19.5 Å². The van der Waals surface area contributed by atoms with E-state index >= 15 is 0 Å². The SMILES string of the molecule is O=C(O)CC[C@H]1CCCN(C(=O)[C@@H]2COCCO2)C1. The van der Waals surface area contributed by atoms with Gasteiger partial charge >= 0.3 is 5.97 Å². The third-order valence-corrected chi connectivity index (χ3v) is 3.69. The highest BCUT2D eigenvalue weighted by atomic mass is 16.6. The Morgan fingerprint density at radius 2 is 2.16 bits per heavy atom. The molecule has 1 amide bonds. The van der Waals surface area contributed by atoms with Crippen molar-refractivity contribution in [2.75, 3.05) is 32.9 Å². The molecular formula is C13H21NO5. The van der Waals surface area contributed by atoms with Gasteiger partial charge in [-0.05, 0) is 25.2 Å². The molecule has 0 aliphatic carbocycles. The molecule has 0 aromatic carbocycles. The zero-order valence-corrected chi connectivity index (χ0v) is 11.0. The van der Waals surface area contributed by atoms with Gasteiger partial charge in [-0.1, -0.05) is 0 Å². The van der Waals surface area contributed by atoms with Crippen LogP contribution in [0.5, 0.6) is 0 Å². The molecule has 2 aliphatic rings. The molecule has 19 heavy (non-hydrogen) atoms. The van der Waals surface area contributed by atoms with E-state index < -0.39 is 12.1 Å². The van der Waals surface area contributed by atoms with E-state index in [2.05, 4.69) is 0 Å². The molecule has 2 atom stereocenters. The van der Waals surface area contributed by atoms with Crippen LogP contribution >= 0.6 is 0 Å². The summed E-state index contributed by atoms with van der Waals surface area (Å²) < 4.78 is 10.7. The Kier molecular flexibility index (Phi) is 5.15. The van der Waals surface area contributed by atoms with Crippen LogP contribution < -0.4 is 0 Å². The van der Waals surface area contributed by atoms with Crippen LogP contribution in [-0.4, -0.2) is 60.9 Å². The third-order valence-electron chi connectivity index (χ3n) is 3.69. The average Bonchev–Trinajstić information content (AvgIpc) is 2.45. The molecule has 0 unspecified atom stereocenters. The molecule has 2 rings (SSSR count). The first-order chi connectivity index (χ1) is 9.16. The fourth-order valence-corrected chi connectivity index (χ4v) is 2.66. The number of carboxylic acid groups (broad SMARTS) is 1. The number of rotatable bonds is 4. The number of hydrogen-bond acceptors (Lipinski definition) is 4. The predicted octanol–water partition coefficient (Wildman–Crippen LogP) is 0.505. The lowest BCUT2D eigenvalue weighted by molar-refractivity contribution is -0.159. The first-order valence-corrected chi connectivity index (χ1v) is 6.86. The molecule has 2 aliphatic heterocycles. The van der Waals surface area contributed by atoms with E-state index in [-0.39, 0.29) is 12.3 Å². The van der Waals surface area contributed by atoms with E-state index in [1.807, 2.05) is 0 Å². The molecule has 0 aromatic rings. The summed E-state index contributed by atoms with van der Waals surface area (Å²) in [6.07, 6.45) is 2.27. The first-order valence-electron chi connectivity index (χ1n) is 6.86. The summed E-state index contributed by atoms with van der Waals surface area (Å²) in [5, 5.41) is 8.71. The summed E-state index contributed by atoms with van der Waals surface area (Å²) in [5.74, 6) is -0.495. The largest absolute Gasteiger partial charge is 0.481 e. The molecular weight excluding hydrogens is 250 g/mol. The number of likely N-dealkylation sites (tertiary alicyclic amines) is 1. The standard InChI is InChI=1S/C13H21NO5/c15-12(16)4-3-10-2-1-5-14(8-10)13(17)11-9-18-6-7-19-11/h10-11H,1-9H2,(H,15,16)/t10-,11+/m1/s1. The van der Waals surface area contributed by atoms with Gasteiger partial charge in [-0.25, -0.2) is 0 Å². The Morgan fingerprint density at radius 1 is 1.32 bits per heavy atom. The molecule has 6 heteroatoms. The van der Waals surface area contributed by atoms with Crippen LogP contribution in [0.1, 0.15) is 25.7 Å². The van der Waals surface area contributed by atoms with Gasteiger partial charge in [0.15, 0.2) is 6.10 Å². The first kappa shape index (κ1) is 14.3. The molecule has 0 bridgehead atoms. The Morgan fingerprint density at radius 3 is 2.84 bits per heavy atom. The highest BCUT2D eigenvalue weighted by Gasteiger charge is 2.31. The van der Waals surface area contributed by atoms with Crippen molar-refractivity contribution in [2.24, 2.45) is 5.92 Å². The Balaban J connectivity index is 1.82. The summed E-state index contributed by atoms with van der Waals surface area (Å²) in [7, 11) is 0. The van der Waals surface area contributed by atoms with Gasteiger partial charge in [-0.15, -0.1) is 0 Å². The fraction of sp³-hybridized carbons (Fsp3) is 0.846. The van der Waals surface area contributed by atoms with E-state index in [1.54, 1.807) is 4.90 Å². The highest BCUT2D eigenvalue weighted by molar-refractivity contribution is 5.81. The summed E-state index contributed by atoms with van der Waals surface area (Å²) in [5.41, 5.74) is 0. The van der Waals surface area contributed by atoms with Crippen molar-refractivity contribution in [2.45, 2.75) is 31.8 Å². The van der Waals surface area contributed by atoms with E-state index in [1.165, 1.54) is 0 Å². The smallest absolute Gasteiger partial charge is 0.303 e. The maximum absolute atomic E-state index is 12.2. The molecule has 0 radical (unpaired) electrons. The quantitative estimate of drug-likeness (QED) is 0.806. The lowest BCUT2D eigenvalue weighted by Crippen LogP contribution is -2.48. The van der Waals surface area contributed by atoms with Crippen LogP contribution in [0.4, 0.5) is 0 Å². The van der Waals surface area contributed by atoms with E-state index in [0.717, 1.165) is 19.4 Å². The third kappa shape index (κ3) is 4.18. The Bertz CT molecular complexity index is 327. The normalized spacial score (nSPS) is 28.1. The van der Waals surface area contributed by atoms with E-state index in [9.17, 15) is 9.59 Å². The topological polar surface area (TPSA) is 76.1 Å². The molecule has 0 aromatic heterocycles. The van der Waals surface area contributed by atoms with Gasteiger partial charge in [-0.3, -0.25) is 9.59 Å². The Labute approximate surface area is 112 Å². The molecule has 0 spiro atoms. The van der Waals surface area contributed by atoms with Crippen LogP contribution in [0.3, 0.4) is 0 Å². The number of aliphatic carboxylic acids is 1. The maximum atomic E-state index is 12.2. The number of carbonyl (C=O) groups excluding carboxylic acids is 1. The molecule has 6 nitrogen and oxygen atoms in total. The number of carbonyl (C=O) groups is 2. The molecule has 2 fully saturated rings. The van der Waals surface area contributed by atoms with E-state index in [4.69, 9.17) is 14.6 Å². The van der Waals surface area contributed by atoms with Crippen LogP contribution in [-0.2, 0) is 19.1 Å². The lowest BCUT2D eigenvalue weighted by Gasteiger charge is -2.35. The van der Waals surface area contributed by atoms with Crippen molar-refractivity contribution >= 4 is 11.9 Å². The fourth-order valence-electron chi connectivity index (χ4n) is 2.66. The van der Waals surface area contributed by atoms with Gasteiger partial charge in [0.2, 0.25) is 0 Å². The number of carboxylic acids is 1. The zero-order valence-electron chi connectivity index (χ0n) is 11.0. The monoisotopic (exact) mass is 271 g/mol. The van der Waals surface area contributed by atoms with Gasteiger partial charge in [0.25, 0.3) is 5.91 Å². The van der Waals surface area contributed by atoms with Gasteiger partial charge in [0.05, 0.1) is 19.8 Å². The minimum absolute atomic E-state index is 0.0141. The second-order valence-electron chi connectivity index (χ2n) is 5.16. The van der Waals surface area contributed by atoms with Crippen molar-refractivity contribution in [1.82, 2.24) is 4.90 Å². The molecule has 1 N–H and O–H groups in total. The minimum atomic E-state index is -0.771. The van der Waals surface area contributed by atoms with Crippen molar-refractivity contribution in [1.29, 1.82) is 0 Å². The number of ether oxygens (including phenoxy) is 2. The van der Waals surface area contributed by atoms with Crippen molar-refractivity contribution in [3.05, 3.63) is 0 Å². The highest BCUT2D eigenvalue weighted by Crippen LogP contribution is 2.22. The van der Waals surface area contributed by atoms with Crippen molar-refractivity contribution in [3.63, 3.8) is 0 Å². The van der Waals surface area contributed by atoms with Crippen molar-refractivity contribution < 1.29 is 24.2 Å². The van der Waals surface area contributed by atoms with Crippen LogP contribution in [0.15, 0.2) is 0 Å². The van der Waals surface area contributed by atoms with Gasteiger partial charge in [0.1, 0.15) is 0 Å². The second-order valence-corrected chi connectivity index (χ2v) is 5.16. The van der Waals surface area contributed by atoms with E-state index in [0.29, 0.717) is 38.7 Å². The maximum Gasteiger partial charge on any atom is 0.303 e. The van der Waals surface area contributed by atoms with Crippen LogP contribution in [0.25, 0.3) is 0 Å². The van der Waals surface area contributed by atoms with Gasteiger partial charge in [0, 0.05) is 19.5 Å². The summed E-state index contributed by atoms with van der Waals surface area (Å²) in [6.45, 7) is 2.72. The number of amides is 1. The summed E-state index contributed by atoms with van der Waals surface area (Å²) >= 11 is 0. The van der Waals surface area contributed by atoms with Crippen LogP contribution in [0, 0.1) is 5.92 Å². The second kappa shape index (κ2) is 6.86. The minimum Gasteiger partial charge on any atom is -0.481 e. The zero-order chi connectivity index (χ0) is 13.7. The molecule has 0 saturated carbocycles. The van der Waals surface area contributed by atoms with Gasteiger partial charge in [-0.2, -0.15) is 0 Å². The lowest BCUT2D eigenvalue weighted by atomic mass is 9.93. The predicted molar refractivity (Wildman–Crippen MR) is 66.7 cm³/mol.